The average molecular weight is 225 g/mol. The number of rotatable bonds is 2. The van der Waals surface area contributed by atoms with Crippen molar-refractivity contribution in [1.29, 1.82) is 0 Å². The van der Waals surface area contributed by atoms with Crippen molar-refractivity contribution < 1.29 is 0 Å². The molecule has 17 heavy (non-hydrogen) atoms. The van der Waals surface area contributed by atoms with Crippen molar-refractivity contribution in [2.24, 2.45) is 0 Å². The van der Waals surface area contributed by atoms with Crippen LogP contribution in [-0.2, 0) is 6.54 Å². The molecular weight excluding hydrogens is 214 g/mol. The molecule has 0 aliphatic rings. The summed E-state index contributed by atoms with van der Waals surface area (Å²) in [7, 11) is 0. The van der Waals surface area contributed by atoms with E-state index in [2.05, 4.69) is 15.1 Å². The summed E-state index contributed by atoms with van der Waals surface area (Å²) in [6.45, 7) is 0.681. The predicted octanol–water partition coefficient (Wildman–Crippen LogP) is 1.46. The third-order valence-corrected chi connectivity index (χ3v) is 2.60. The summed E-state index contributed by atoms with van der Waals surface area (Å²) in [6, 6.07) is 5.76. The van der Waals surface area contributed by atoms with Crippen molar-refractivity contribution in [1.82, 2.24) is 19.7 Å². The normalized spacial score (nSPS) is 10.8. The third kappa shape index (κ3) is 1.82. The van der Waals surface area contributed by atoms with Gasteiger partial charge in [0.2, 0.25) is 0 Å². The number of aromatic nitrogens is 4. The molecule has 3 aromatic rings. The van der Waals surface area contributed by atoms with Gasteiger partial charge in [0, 0.05) is 30.0 Å². The number of nitrogens with two attached hydrogens (primary N) is 1. The first kappa shape index (κ1) is 9.77. The molecule has 0 aliphatic heterocycles. The highest BCUT2D eigenvalue weighted by Crippen LogP contribution is 2.15. The minimum Gasteiger partial charge on any atom is -0.384 e. The van der Waals surface area contributed by atoms with Crippen LogP contribution in [0.2, 0.25) is 0 Å². The van der Waals surface area contributed by atoms with Crippen LogP contribution in [0.3, 0.4) is 0 Å². The molecule has 0 spiro atoms. The molecule has 0 aliphatic carbocycles. The van der Waals surface area contributed by atoms with E-state index in [1.807, 2.05) is 29.1 Å². The summed E-state index contributed by atoms with van der Waals surface area (Å²) in [6.07, 6.45) is 7.11. The molecule has 0 amide bonds. The molecule has 0 atom stereocenters. The number of nitrogens with zero attached hydrogens (tertiary/aromatic N) is 4. The molecule has 3 aromatic heterocycles. The molecule has 0 radical (unpaired) electrons. The lowest BCUT2D eigenvalue weighted by atomic mass is 10.3. The van der Waals surface area contributed by atoms with Gasteiger partial charge < -0.3 is 5.73 Å². The Balaban J connectivity index is 2.03. The first-order valence-corrected chi connectivity index (χ1v) is 5.29. The summed E-state index contributed by atoms with van der Waals surface area (Å²) in [5.74, 6) is 0.505. The van der Waals surface area contributed by atoms with Crippen LogP contribution in [0.15, 0.2) is 43.0 Å². The number of hydrogen-bond acceptors (Lipinski definition) is 4. The topological polar surface area (TPSA) is 69.6 Å². The number of anilines is 1. The Hall–Kier alpha value is -2.43. The van der Waals surface area contributed by atoms with Crippen LogP contribution >= 0.6 is 0 Å². The molecule has 5 nitrogen and oxygen atoms in total. The van der Waals surface area contributed by atoms with E-state index in [-0.39, 0.29) is 0 Å². The van der Waals surface area contributed by atoms with E-state index in [1.54, 1.807) is 18.6 Å². The largest absolute Gasteiger partial charge is 0.384 e. The van der Waals surface area contributed by atoms with Gasteiger partial charge in [-0.3, -0.25) is 9.67 Å². The summed E-state index contributed by atoms with van der Waals surface area (Å²) < 4.78 is 1.89. The van der Waals surface area contributed by atoms with E-state index in [4.69, 9.17) is 5.73 Å². The van der Waals surface area contributed by atoms with Gasteiger partial charge in [-0.2, -0.15) is 5.10 Å². The predicted molar refractivity (Wildman–Crippen MR) is 65.3 cm³/mol. The fourth-order valence-electron chi connectivity index (χ4n) is 1.78. The number of pyridine rings is 2. The lowest BCUT2D eigenvalue weighted by Crippen LogP contribution is -2.02. The summed E-state index contributed by atoms with van der Waals surface area (Å²) in [4.78, 5) is 8.12. The summed E-state index contributed by atoms with van der Waals surface area (Å²) >= 11 is 0. The lowest BCUT2D eigenvalue weighted by molar-refractivity contribution is 0.710. The smallest absolute Gasteiger partial charge is 0.125 e. The van der Waals surface area contributed by atoms with E-state index in [1.165, 1.54) is 0 Å². The summed E-state index contributed by atoms with van der Waals surface area (Å²) in [5.41, 5.74) is 7.77. The highest BCUT2D eigenvalue weighted by atomic mass is 15.3. The molecule has 3 rings (SSSR count). The van der Waals surface area contributed by atoms with E-state index in [0.29, 0.717) is 12.4 Å². The average Bonchev–Trinajstić information content (AvgIpc) is 2.73. The van der Waals surface area contributed by atoms with Gasteiger partial charge in [0.1, 0.15) is 5.82 Å². The van der Waals surface area contributed by atoms with Gasteiger partial charge in [0.05, 0.1) is 18.3 Å². The molecule has 0 unspecified atom stereocenters. The Morgan fingerprint density at radius 3 is 3.00 bits per heavy atom. The minimum atomic E-state index is 0.505. The Kier molecular flexibility index (Phi) is 2.22. The molecular formula is C12H11N5. The number of nitrogen functional groups attached to an aromatic ring is 1. The fourth-order valence-corrected chi connectivity index (χ4v) is 1.78. The van der Waals surface area contributed by atoms with E-state index in [0.717, 1.165) is 16.5 Å². The van der Waals surface area contributed by atoms with Crippen LogP contribution in [0.1, 0.15) is 5.56 Å². The highest BCUT2D eigenvalue weighted by molar-refractivity contribution is 5.79. The molecule has 3 heterocycles. The van der Waals surface area contributed by atoms with Crippen molar-refractivity contribution in [2.75, 3.05) is 5.73 Å². The Bertz CT molecular complexity index is 644. The van der Waals surface area contributed by atoms with Gasteiger partial charge in [-0.05, 0) is 11.6 Å². The molecule has 2 N–H and O–H groups in total. The van der Waals surface area contributed by atoms with Crippen molar-refractivity contribution in [2.45, 2.75) is 6.54 Å². The monoisotopic (exact) mass is 225 g/mol. The minimum absolute atomic E-state index is 0.505. The second kappa shape index (κ2) is 3.86. The van der Waals surface area contributed by atoms with Gasteiger partial charge in [0.15, 0.2) is 0 Å². The van der Waals surface area contributed by atoms with E-state index in [9.17, 15) is 0 Å². The SMILES string of the molecule is Nc1cc2c(cn1)cnn2Cc1cccnc1. The van der Waals surface area contributed by atoms with Crippen LogP contribution in [0.25, 0.3) is 10.9 Å². The van der Waals surface area contributed by atoms with Crippen LogP contribution in [0, 0.1) is 0 Å². The Morgan fingerprint density at radius 1 is 1.24 bits per heavy atom. The molecule has 0 saturated heterocycles. The first-order chi connectivity index (χ1) is 8.33. The molecule has 0 bridgehead atoms. The molecule has 0 saturated carbocycles. The Morgan fingerprint density at radius 2 is 2.18 bits per heavy atom. The second-order valence-corrected chi connectivity index (χ2v) is 3.83. The standard InChI is InChI=1S/C12H11N5/c13-12-4-11-10(6-15-12)7-16-17(11)8-9-2-1-3-14-5-9/h1-7H,8H2,(H2,13,15). The molecule has 5 heteroatoms. The van der Waals surface area contributed by atoms with Crippen LogP contribution in [-0.4, -0.2) is 19.7 Å². The quantitative estimate of drug-likeness (QED) is 0.716. The van der Waals surface area contributed by atoms with Crippen molar-refractivity contribution in [3.63, 3.8) is 0 Å². The van der Waals surface area contributed by atoms with Crippen LogP contribution < -0.4 is 5.73 Å². The van der Waals surface area contributed by atoms with E-state index < -0.39 is 0 Å². The Labute approximate surface area is 97.9 Å². The van der Waals surface area contributed by atoms with Crippen molar-refractivity contribution in [3.05, 3.63) is 48.5 Å². The van der Waals surface area contributed by atoms with Gasteiger partial charge in [-0.15, -0.1) is 0 Å². The zero-order valence-corrected chi connectivity index (χ0v) is 9.11. The van der Waals surface area contributed by atoms with Crippen LogP contribution in [0.5, 0.6) is 0 Å². The fraction of sp³-hybridized carbons (Fsp3) is 0.0833. The highest BCUT2D eigenvalue weighted by Gasteiger charge is 2.04. The van der Waals surface area contributed by atoms with E-state index >= 15 is 0 Å². The lowest BCUT2D eigenvalue weighted by Gasteiger charge is -2.03. The zero-order valence-electron chi connectivity index (χ0n) is 9.11. The maximum atomic E-state index is 5.68. The maximum absolute atomic E-state index is 5.68. The van der Waals surface area contributed by atoms with Crippen molar-refractivity contribution in [3.8, 4) is 0 Å². The zero-order chi connectivity index (χ0) is 11.7. The van der Waals surface area contributed by atoms with Gasteiger partial charge in [0.25, 0.3) is 0 Å². The molecule has 0 fully saturated rings. The second-order valence-electron chi connectivity index (χ2n) is 3.83. The number of fused-ring (bicyclic) bond motifs is 1. The maximum Gasteiger partial charge on any atom is 0.125 e. The number of hydrogen-bond donors (Lipinski definition) is 1. The van der Waals surface area contributed by atoms with Crippen molar-refractivity contribution >= 4 is 16.7 Å². The molecule has 84 valence electrons. The third-order valence-electron chi connectivity index (χ3n) is 2.60. The van der Waals surface area contributed by atoms with Gasteiger partial charge in [-0.25, -0.2) is 4.98 Å². The van der Waals surface area contributed by atoms with Gasteiger partial charge >= 0.3 is 0 Å². The summed E-state index contributed by atoms with van der Waals surface area (Å²) in [5, 5.41) is 5.31. The molecule has 0 aromatic carbocycles. The van der Waals surface area contributed by atoms with Gasteiger partial charge in [-0.1, -0.05) is 6.07 Å². The first-order valence-electron chi connectivity index (χ1n) is 5.29. The van der Waals surface area contributed by atoms with Crippen LogP contribution in [0.4, 0.5) is 5.82 Å².